The first-order valence-corrected chi connectivity index (χ1v) is 5.94. The summed E-state index contributed by atoms with van der Waals surface area (Å²) in [4.78, 5) is 5.06. The summed E-state index contributed by atoms with van der Waals surface area (Å²) >= 11 is 0. The molecular formula is C11H25N3. The smallest absolute Gasteiger partial charge is 0.0167 e. The standard InChI is InChI=1S/C11H25N3/c1-4-13(5-2)8-9-14-7-6-12-11(3)10-14/h11-12H,4-10H2,1-3H3. The van der Waals surface area contributed by atoms with E-state index < -0.39 is 0 Å². The van der Waals surface area contributed by atoms with Gasteiger partial charge in [0.05, 0.1) is 0 Å². The lowest BCUT2D eigenvalue weighted by atomic mass is 10.2. The number of likely N-dealkylation sites (N-methyl/N-ethyl adjacent to an activating group) is 1. The van der Waals surface area contributed by atoms with Gasteiger partial charge in [-0.15, -0.1) is 0 Å². The van der Waals surface area contributed by atoms with Gasteiger partial charge in [-0.2, -0.15) is 0 Å². The Labute approximate surface area is 88.5 Å². The van der Waals surface area contributed by atoms with Crippen LogP contribution in [0.5, 0.6) is 0 Å². The van der Waals surface area contributed by atoms with Crippen molar-refractivity contribution >= 4 is 0 Å². The van der Waals surface area contributed by atoms with E-state index in [0.29, 0.717) is 6.04 Å². The highest BCUT2D eigenvalue weighted by atomic mass is 15.2. The molecule has 1 unspecified atom stereocenters. The molecule has 1 heterocycles. The van der Waals surface area contributed by atoms with Crippen LogP contribution in [0.1, 0.15) is 20.8 Å². The number of hydrogen-bond acceptors (Lipinski definition) is 3. The van der Waals surface area contributed by atoms with Crippen LogP contribution in [0.25, 0.3) is 0 Å². The van der Waals surface area contributed by atoms with E-state index >= 15 is 0 Å². The Kier molecular flexibility index (Phi) is 5.45. The summed E-state index contributed by atoms with van der Waals surface area (Å²) in [5.41, 5.74) is 0. The second kappa shape index (κ2) is 6.38. The maximum Gasteiger partial charge on any atom is 0.0167 e. The van der Waals surface area contributed by atoms with Crippen molar-refractivity contribution in [3.8, 4) is 0 Å². The zero-order chi connectivity index (χ0) is 10.4. The van der Waals surface area contributed by atoms with Gasteiger partial charge in [-0.05, 0) is 20.0 Å². The van der Waals surface area contributed by atoms with E-state index in [1.807, 2.05) is 0 Å². The van der Waals surface area contributed by atoms with Crippen molar-refractivity contribution in [1.82, 2.24) is 15.1 Å². The molecule has 1 saturated heterocycles. The van der Waals surface area contributed by atoms with Gasteiger partial charge in [0.15, 0.2) is 0 Å². The summed E-state index contributed by atoms with van der Waals surface area (Å²) < 4.78 is 0. The Morgan fingerprint density at radius 3 is 2.64 bits per heavy atom. The van der Waals surface area contributed by atoms with Crippen LogP contribution in [0.2, 0.25) is 0 Å². The minimum atomic E-state index is 0.667. The molecule has 1 rings (SSSR count). The van der Waals surface area contributed by atoms with E-state index in [4.69, 9.17) is 0 Å². The average Bonchev–Trinajstić information content (AvgIpc) is 2.19. The fourth-order valence-corrected chi connectivity index (χ4v) is 2.04. The molecule has 0 amide bonds. The largest absolute Gasteiger partial charge is 0.312 e. The van der Waals surface area contributed by atoms with Crippen molar-refractivity contribution in [2.75, 3.05) is 45.8 Å². The van der Waals surface area contributed by atoms with E-state index in [0.717, 1.165) is 6.54 Å². The van der Waals surface area contributed by atoms with Crippen molar-refractivity contribution in [1.29, 1.82) is 0 Å². The van der Waals surface area contributed by atoms with Gasteiger partial charge >= 0.3 is 0 Å². The Bertz CT molecular complexity index is 145. The SMILES string of the molecule is CCN(CC)CCN1CCNC(C)C1. The quantitative estimate of drug-likeness (QED) is 0.700. The van der Waals surface area contributed by atoms with Gasteiger partial charge in [-0.3, -0.25) is 4.90 Å². The normalized spacial score (nSPS) is 24.4. The van der Waals surface area contributed by atoms with Gasteiger partial charge in [0, 0.05) is 38.8 Å². The lowest BCUT2D eigenvalue weighted by Crippen LogP contribution is -2.50. The van der Waals surface area contributed by atoms with Gasteiger partial charge in [0.25, 0.3) is 0 Å². The molecule has 0 bridgehead atoms. The van der Waals surface area contributed by atoms with Crippen molar-refractivity contribution in [2.45, 2.75) is 26.8 Å². The summed E-state index contributed by atoms with van der Waals surface area (Å²) in [6.45, 7) is 15.1. The van der Waals surface area contributed by atoms with Gasteiger partial charge in [-0.1, -0.05) is 13.8 Å². The van der Waals surface area contributed by atoms with Gasteiger partial charge in [0.2, 0.25) is 0 Å². The maximum atomic E-state index is 3.47. The maximum absolute atomic E-state index is 3.47. The Hall–Kier alpha value is -0.120. The van der Waals surface area contributed by atoms with Crippen LogP contribution in [0, 0.1) is 0 Å². The highest BCUT2D eigenvalue weighted by molar-refractivity contribution is 4.75. The van der Waals surface area contributed by atoms with E-state index in [9.17, 15) is 0 Å². The van der Waals surface area contributed by atoms with E-state index in [1.54, 1.807) is 0 Å². The third-order valence-electron chi connectivity index (χ3n) is 3.08. The highest BCUT2D eigenvalue weighted by Crippen LogP contribution is 1.98. The van der Waals surface area contributed by atoms with Crippen LogP contribution >= 0.6 is 0 Å². The van der Waals surface area contributed by atoms with Crippen LogP contribution in [0.4, 0.5) is 0 Å². The minimum Gasteiger partial charge on any atom is -0.312 e. The molecule has 14 heavy (non-hydrogen) atoms. The topological polar surface area (TPSA) is 18.5 Å². The second-order valence-electron chi connectivity index (χ2n) is 4.18. The van der Waals surface area contributed by atoms with Crippen LogP contribution in [-0.2, 0) is 0 Å². The predicted molar refractivity (Wildman–Crippen MR) is 61.7 cm³/mol. The molecule has 0 saturated carbocycles. The average molecular weight is 199 g/mol. The zero-order valence-electron chi connectivity index (χ0n) is 9.92. The molecule has 3 heteroatoms. The first-order valence-electron chi connectivity index (χ1n) is 5.94. The Morgan fingerprint density at radius 1 is 1.36 bits per heavy atom. The summed E-state index contributed by atoms with van der Waals surface area (Å²) in [7, 11) is 0. The lowest BCUT2D eigenvalue weighted by molar-refractivity contribution is 0.175. The molecule has 0 aromatic carbocycles. The number of piperazine rings is 1. The summed E-state index contributed by atoms with van der Waals surface area (Å²) in [5, 5.41) is 3.47. The van der Waals surface area contributed by atoms with Gasteiger partial charge < -0.3 is 10.2 Å². The first-order chi connectivity index (χ1) is 6.76. The van der Waals surface area contributed by atoms with E-state index in [2.05, 4.69) is 35.9 Å². The third kappa shape index (κ3) is 3.95. The fourth-order valence-electron chi connectivity index (χ4n) is 2.04. The number of nitrogens with zero attached hydrogens (tertiary/aromatic N) is 2. The molecule has 84 valence electrons. The highest BCUT2D eigenvalue weighted by Gasteiger charge is 2.15. The molecule has 1 atom stereocenters. The minimum absolute atomic E-state index is 0.667. The molecule has 0 radical (unpaired) electrons. The molecule has 1 N–H and O–H groups in total. The van der Waals surface area contributed by atoms with Crippen molar-refractivity contribution in [3.05, 3.63) is 0 Å². The Morgan fingerprint density at radius 2 is 2.07 bits per heavy atom. The molecule has 1 aliphatic rings. The van der Waals surface area contributed by atoms with Crippen LogP contribution in [0.15, 0.2) is 0 Å². The van der Waals surface area contributed by atoms with Crippen LogP contribution < -0.4 is 5.32 Å². The molecular weight excluding hydrogens is 174 g/mol. The summed E-state index contributed by atoms with van der Waals surface area (Å²) in [6, 6.07) is 0.667. The molecule has 0 aromatic rings. The van der Waals surface area contributed by atoms with Crippen LogP contribution in [0.3, 0.4) is 0 Å². The van der Waals surface area contributed by atoms with Crippen molar-refractivity contribution < 1.29 is 0 Å². The molecule has 0 aliphatic carbocycles. The monoisotopic (exact) mass is 199 g/mol. The molecule has 0 spiro atoms. The number of rotatable bonds is 5. The van der Waals surface area contributed by atoms with E-state index in [-0.39, 0.29) is 0 Å². The summed E-state index contributed by atoms with van der Waals surface area (Å²) in [5.74, 6) is 0. The Balaban J connectivity index is 2.16. The van der Waals surface area contributed by atoms with Gasteiger partial charge in [-0.25, -0.2) is 0 Å². The lowest BCUT2D eigenvalue weighted by Gasteiger charge is -2.33. The number of nitrogens with one attached hydrogen (secondary N) is 1. The fraction of sp³-hybridized carbons (Fsp3) is 1.00. The van der Waals surface area contributed by atoms with Crippen LogP contribution in [-0.4, -0.2) is 61.7 Å². The molecule has 1 fully saturated rings. The van der Waals surface area contributed by atoms with Crippen molar-refractivity contribution in [3.63, 3.8) is 0 Å². The molecule has 3 nitrogen and oxygen atoms in total. The zero-order valence-corrected chi connectivity index (χ0v) is 9.92. The first kappa shape index (κ1) is 12.0. The number of hydrogen-bond donors (Lipinski definition) is 1. The van der Waals surface area contributed by atoms with Crippen molar-refractivity contribution in [2.24, 2.45) is 0 Å². The molecule has 1 aliphatic heterocycles. The second-order valence-corrected chi connectivity index (χ2v) is 4.18. The predicted octanol–water partition coefficient (Wildman–Crippen LogP) is 0.622. The summed E-state index contributed by atoms with van der Waals surface area (Å²) in [6.07, 6.45) is 0. The van der Waals surface area contributed by atoms with E-state index in [1.165, 1.54) is 39.3 Å². The third-order valence-corrected chi connectivity index (χ3v) is 3.08. The van der Waals surface area contributed by atoms with Gasteiger partial charge in [0.1, 0.15) is 0 Å². The molecule has 0 aromatic heterocycles.